The van der Waals surface area contributed by atoms with Gasteiger partial charge in [0.1, 0.15) is 24.6 Å². The number of carbonyl (C=O) groups is 2. The Hall–Kier alpha value is -2.30. The van der Waals surface area contributed by atoms with Crippen molar-refractivity contribution in [1.82, 2.24) is 20.0 Å². The number of aromatic nitrogens is 2. The predicted molar refractivity (Wildman–Crippen MR) is 134 cm³/mol. The van der Waals surface area contributed by atoms with Gasteiger partial charge in [0.15, 0.2) is 5.69 Å². The first kappa shape index (κ1) is 25.8. The second kappa shape index (κ2) is 10.4. The van der Waals surface area contributed by atoms with Crippen molar-refractivity contribution >= 4 is 25.3 Å². The molecule has 0 aromatic carbocycles. The van der Waals surface area contributed by atoms with Gasteiger partial charge in [-0.1, -0.05) is 19.6 Å². The topological polar surface area (TPSA) is 85.7 Å². The normalized spacial score (nSPS) is 26.3. The van der Waals surface area contributed by atoms with Crippen LogP contribution in [-0.2, 0) is 21.0 Å². The maximum Gasteiger partial charge on any atom is 0.274 e. The third-order valence-corrected chi connectivity index (χ3v) is 8.94. The van der Waals surface area contributed by atoms with Crippen LogP contribution >= 0.6 is 0 Å². The highest BCUT2D eigenvalue weighted by atomic mass is 28.3. The summed E-state index contributed by atoms with van der Waals surface area (Å²) < 4.78 is 27.7. The number of ketones is 1. The number of dihydropyridines is 1. The fourth-order valence-electron chi connectivity index (χ4n) is 5.19. The highest BCUT2D eigenvalue weighted by molar-refractivity contribution is 6.76. The van der Waals surface area contributed by atoms with E-state index in [2.05, 4.69) is 30.1 Å². The monoisotopic (exact) mass is 504 g/mol. The van der Waals surface area contributed by atoms with Crippen LogP contribution in [0.1, 0.15) is 48.8 Å². The molecule has 4 rings (SSSR count). The molecule has 3 aliphatic rings. The van der Waals surface area contributed by atoms with Gasteiger partial charge in [-0.2, -0.15) is 5.10 Å². The number of methoxy groups -OCH3 is 1. The van der Waals surface area contributed by atoms with Crippen molar-refractivity contribution in [3.63, 3.8) is 0 Å². The minimum absolute atomic E-state index is 0.0227. The molecule has 2 saturated heterocycles. The number of hydrogen-bond acceptors (Lipinski definition) is 6. The van der Waals surface area contributed by atoms with E-state index in [1.807, 2.05) is 4.90 Å². The van der Waals surface area contributed by atoms with Gasteiger partial charge in [-0.3, -0.25) is 9.59 Å². The van der Waals surface area contributed by atoms with Crippen LogP contribution in [-0.4, -0.2) is 66.5 Å². The van der Waals surface area contributed by atoms with Gasteiger partial charge in [0.05, 0.1) is 5.69 Å². The first-order chi connectivity index (χ1) is 16.6. The Morgan fingerprint density at radius 2 is 1.91 bits per heavy atom. The number of ether oxygens (including phenoxy) is 2. The summed E-state index contributed by atoms with van der Waals surface area (Å²) >= 11 is 0. The van der Waals surface area contributed by atoms with Crippen LogP contribution in [0, 0.1) is 5.92 Å². The lowest BCUT2D eigenvalue weighted by molar-refractivity contribution is -0.122. The Morgan fingerprint density at radius 3 is 2.51 bits per heavy atom. The van der Waals surface area contributed by atoms with E-state index in [1.54, 1.807) is 23.7 Å². The van der Waals surface area contributed by atoms with E-state index in [1.165, 1.54) is 13.3 Å². The smallest absolute Gasteiger partial charge is 0.274 e. The molecule has 0 aliphatic carbocycles. The molecular weight excluding hydrogens is 467 g/mol. The van der Waals surface area contributed by atoms with Gasteiger partial charge in [-0.25, -0.2) is 9.07 Å². The number of rotatable bonds is 9. The number of nitrogens with one attached hydrogen (secondary N) is 1. The molecule has 1 aromatic rings. The average molecular weight is 505 g/mol. The number of carbonyl (C=O) groups excluding carboxylic acids is 2. The van der Waals surface area contributed by atoms with E-state index in [0.29, 0.717) is 30.7 Å². The van der Waals surface area contributed by atoms with E-state index >= 15 is 0 Å². The molecule has 4 heterocycles. The quantitative estimate of drug-likeness (QED) is 0.405. The number of amides is 1. The van der Waals surface area contributed by atoms with Gasteiger partial charge in [-0.05, 0) is 50.8 Å². The number of nitrogens with zero attached hydrogens (tertiary/aromatic N) is 3. The Bertz CT molecular complexity index is 1020. The van der Waals surface area contributed by atoms with Crippen LogP contribution in [0.25, 0.3) is 5.57 Å². The summed E-state index contributed by atoms with van der Waals surface area (Å²) in [5, 5.41) is 7.41. The third kappa shape index (κ3) is 5.75. The number of hydrogen-bond donors (Lipinski definition) is 1. The average Bonchev–Trinajstić information content (AvgIpc) is 3.33. The van der Waals surface area contributed by atoms with Gasteiger partial charge >= 0.3 is 0 Å². The van der Waals surface area contributed by atoms with Crippen LogP contribution < -0.4 is 5.32 Å². The molecule has 0 radical (unpaired) electrons. The summed E-state index contributed by atoms with van der Waals surface area (Å²) in [7, 11) is 0.268. The van der Waals surface area contributed by atoms with Gasteiger partial charge in [-0.15, -0.1) is 0 Å². The first-order valence-electron chi connectivity index (χ1n) is 12.4. The van der Waals surface area contributed by atoms with E-state index in [-0.39, 0.29) is 42.1 Å². The fourth-order valence-corrected chi connectivity index (χ4v) is 5.95. The van der Waals surface area contributed by atoms with Crippen molar-refractivity contribution in [3.05, 3.63) is 35.6 Å². The lowest BCUT2D eigenvalue weighted by Gasteiger charge is -2.37. The molecule has 1 N–H and O–H groups in total. The summed E-state index contributed by atoms with van der Waals surface area (Å²) in [4.78, 5) is 27.5. The number of halogens is 1. The van der Waals surface area contributed by atoms with E-state index in [4.69, 9.17) is 9.47 Å². The second-order valence-electron chi connectivity index (χ2n) is 11.0. The summed E-state index contributed by atoms with van der Waals surface area (Å²) in [6, 6.07) is 2.74. The molecule has 35 heavy (non-hydrogen) atoms. The maximum absolute atomic E-state index is 14.9. The fraction of sp³-hybridized carbons (Fsp3) is 0.640. The number of Topliss-reactive ketones (excluding diaryl/α,β-unsaturated/α-hetero) is 1. The largest absolute Gasteiger partial charge is 0.360 e. The highest BCUT2D eigenvalue weighted by Gasteiger charge is 2.45. The summed E-state index contributed by atoms with van der Waals surface area (Å²) in [5.74, 6) is -0.398. The molecular formula is C25H37FN4O4Si. The molecule has 10 heteroatoms. The number of allylic oxidation sites excluding steroid dienone is 2. The zero-order valence-corrected chi connectivity index (χ0v) is 22.3. The van der Waals surface area contributed by atoms with E-state index < -0.39 is 20.1 Å². The van der Waals surface area contributed by atoms with Gasteiger partial charge in [0.25, 0.3) is 5.91 Å². The highest BCUT2D eigenvalue weighted by Crippen LogP contribution is 2.40. The Balaban J connectivity index is 1.59. The molecule has 1 aromatic heterocycles. The molecule has 2 fully saturated rings. The van der Waals surface area contributed by atoms with Crippen LogP contribution in [0.15, 0.2) is 24.2 Å². The molecule has 192 valence electrons. The van der Waals surface area contributed by atoms with Crippen molar-refractivity contribution in [3.8, 4) is 0 Å². The van der Waals surface area contributed by atoms with Crippen LogP contribution in [0.2, 0.25) is 25.7 Å². The predicted octanol–water partition coefficient (Wildman–Crippen LogP) is 3.94. The number of fused-ring (bicyclic) bond motifs is 2. The Kier molecular flexibility index (Phi) is 7.63. The molecule has 2 bridgehead atoms. The van der Waals surface area contributed by atoms with Gasteiger partial charge in [0.2, 0.25) is 0 Å². The Morgan fingerprint density at radius 1 is 1.23 bits per heavy atom. The van der Waals surface area contributed by atoms with E-state index in [0.717, 1.165) is 18.9 Å². The summed E-state index contributed by atoms with van der Waals surface area (Å²) in [6.45, 7) is 9.19. The molecule has 0 spiro atoms. The van der Waals surface area contributed by atoms with Crippen LogP contribution in [0.4, 0.5) is 4.39 Å². The van der Waals surface area contributed by atoms with Crippen molar-refractivity contribution in [2.24, 2.45) is 5.92 Å². The number of piperidine rings is 1. The molecule has 8 nitrogen and oxygen atoms in total. The molecule has 2 unspecified atom stereocenters. The maximum atomic E-state index is 14.9. The van der Waals surface area contributed by atoms with Crippen molar-refractivity contribution < 1.29 is 23.5 Å². The summed E-state index contributed by atoms with van der Waals surface area (Å²) in [5.41, 5.74) is 1.06. The zero-order chi connectivity index (χ0) is 25.3. The minimum Gasteiger partial charge on any atom is -0.360 e. The van der Waals surface area contributed by atoms with Gasteiger partial charge in [0, 0.05) is 51.6 Å². The second-order valence-corrected chi connectivity index (χ2v) is 16.7. The molecule has 4 atom stereocenters. The lowest BCUT2D eigenvalue weighted by atomic mass is 9.88. The van der Waals surface area contributed by atoms with Gasteiger partial charge < -0.3 is 19.7 Å². The SMILES string of the molecule is COC1C=C(c2cc(C(=O)N3[C@@H]4CC[C@H]3CC(C(C)=O)C4)nn2COCC[Si](C)(C)C)C(F)=CN1. The summed E-state index contributed by atoms with van der Waals surface area (Å²) in [6.07, 6.45) is 5.63. The van der Waals surface area contributed by atoms with Crippen LogP contribution in [0.3, 0.4) is 0 Å². The van der Waals surface area contributed by atoms with Crippen LogP contribution in [0.5, 0.6) is 0 Å². The van der Waals surface area contributed by atoms with Crippen molar-refractivity contribution in [1.29, 1.82) is 0 Å². The first-order valence-corrected chi connectivity index (χ1v) is 16.1. The van der Waals surface area contributed by atoms with Crippen molar-refractivity contribution in [2.75, 3.05) is 13.7 Å². The molecule has 1 amide bonds. The van der Waals surface area contributed by atoms with Crippen molar-refractivity contribution in [2.45, 2.75) is 83.3 Å². The lowest BCUT2D eigenvalue weighted by Crippen LogP contribution is -2.47. The Labute approximate surface area is 207 Å². The molecule has 0 saturated carbocycles. The van der Waals surface area contributed by atoms with E-state index in [9.17, 15) is 14.0 Å². The standard InChI is InChI=1S/C25H37FN4O4Si/c1-16(31)17-10-18-6-7-19(11-17)30(18)25(32)22-13-23(20-12-24(33-2)27-14-21(20)26)29(28-22)15-34-8-9-35(3,4)5/h12-14,17-19,24,27H,6-11,15H2,1-5H3/t17?,18-,19+,24?. The minimum atomic E-state index is -1.27. The zero-order valence-electron chi connectivity index (χ0n) is 21.3. The third-order valence-electron chi connectivity index (χ3n) is 7.23. The molecule has 3 aliphatic heterocycles.